The molecule has 0 spiro atoms. The number of anilines is 1. The lowest BCUT2D eigenvalue weighted by molar-refractivity contribution is -0.116. The van der Waals surface area contributed by atoms with Crippen molar-refractivity contribution in [3.05, 3.63) is 30.6 Å². The SMILES string of the molecule is CC(=O)N(C)c1cnn(-c2cnc(C#N)nc2)c1. The third-order valence-corrected chi connectivity index (χ3v) is 2.43. The van der Waals surface area contributed by atoms with E-state index in [0.29, 0.717) is 11.4 Å². The zero-order valence-electron chi connectivity index (χ0n) is 9.90. The van der Waals surface area contributed by atoms with Crippen LogP contribution in [0, 0.1) is 11.3 Å². The van der Waals surface area contributed by atoms with Gasteiger partial charge in [0.15, 0.2) is 0 Å². The summed E-state index contributed by atoms with van der Waals surface area (Å²) in [4.78, 5) is 20.4. The molecule has 0 bridgehead atoms. The predicted molar refractivity (Wildman–Crippen MR) is 63.0 cm³/mol. The Bertz CT molecular complexity index is 609. The number of amides is 1. The second-order valence-electron chi connectivity index (χ2n) is 3.60. The van der Waals surface area contributed by atoms with Crippen LogP contribution in [0.2, 0.25) is 0 Å². The highest BCUT2D eigenvalue weighted by molar-refractivity contribution is 5.90. The van der Waals surface area contributed by atoms with Crippen molar-refractivity contribution < 1.29 is 4.79 Å². The Morgan fingerprint density at radius 1 is 1.39 bits per heavy atom. The number of nitrogens with zero attached hydrogens (tertiary/aromatic N) is 6. The van der Waals surface area contributed by atoms with E-state index in [0.717, 1.165) is 0 Å². The molecule has 0 aromatic carbocycles. The fraction of sp³-hybridized carbons (Fsp3) is 0.182. The number of hydrogen-bond acceptors (Lipinski definition) is 5. The largest absolute Gasteiger partial charge is 0.313 e. The van der Waals surface area contributed by atoms with Gasteiger partial charge in [0, 0.05) is 14.0 Å². The highest BCUT2D eigenvalue weighted by Gasteiger charge is 2.09. The molecule has 90 valence electrons. The van der Waals surface area contributed by atoms with E-state index in [1.54, 1.807) is 19.4 Å². The van der Waals surface area contributed by atoms with Crippen LogP contribution in [-0.4, -0.2) is 32.7 Å². The number of hydrogen-bond donors (Lipinski definition) is 0. The first-order chi connectivity index (χ1) is 8.61. The number of carbonyl (C=O) groups excluding carboxylic acids is 1. The Labute approximate surface area is 103 Å². The standard InChI is InChI=1S/C11H10N6O/c1-8(18)16(2)10-6-15-17(7-10)9-4-13-11(3-12)14-5-9/h4-7H,1-2H3. The van der Waals surface area contributed by atoms with Crippen LogP contribution in [0.15, 0.2) is 24.8 Å². The van der Waals surface area contributed by atoms with E-state index in [9.17, 15) is 4.79 Å². The van der Waals surface area contributed by atoms with Gasteiger partial charge in [-0.2, -0.15) is 10.4 Å². The van der Waals surface area contributed by atoms with Crippen LogP contribution in [0.4, 0.5) is 5.69 Å². The predicted octanol–water partition coefficient (Wildman–Crippen LogP) is 0.517. The van der Waals surface area contributed by atoms with E-state index in [1.807, 2.05) is 6.07 Å². The topological polar surface area (TPSA) is 87.7 Å². The molecule has 18 heavy (non-hydrogen) atoms. The molecule has 2 heterocycles. The first-order valence-electron chi connectivity index (χ1n) is 5.13. The fourth-order valence-electron chi connectivity index (χ4n) is 1.31. The normalized spacial score (nSPS) is 9.83. The minimum absolute atomic E-state index is 0.0781. The van der Waals surface area contributed by atoms with Gasteiger partial charge in [-0.1, -0.05) is 0 Å². The van der Waals surface area contributed by atoms with E-state index in [4.69, 9.17) is 5.26 Å². The van der Waals surface area contributed by atoms with Crippen LogP contribution in [0.3, 0.4) is 0 Å². The smallest absolute Gasteiger partial charge is 0.232 e. The molecule has 2 aromatic rings. The summed E-state index contributed by atoms with van der Waals surface area (Å²) >= 11 is 0. The monoisotopic (exact) mass is 242 g/mol. The first-order valence-corrected chi connectivity index (χ1v) is 5.13. The number of nitriles is 1. The summed E-state index contributed by atoms with van der Waals surface area (Å²) in [6.45, 7) is 1.47. The Morgan fingerprint density at radius 3 is 2.61 bits per heavy atom. The van der Waals surface area contributed by atoms with Crippen LogP contribution >= 0.6 is 0 Å². The van der Waals surface area contributed by atoms with Crippen molar-refractivity contribution in [3.8, 4) is 11.8 Å². The zero-order chi connectivity index (χ0) is 13.1. The highest BCUT2D eigenvalue weighted by Crippen LogP contribution is 2.13. The average molecular weight is 242 g/mol. The van der Waals surface area contributed by atoms with Crippen LogP contribution in [0.25, 0.3) is 5.69 Å². The van der Waals surface area contributed by atoms with Crippen molar-refractivity contribution in [3.63, 3.8) is 0 Å². The second-order valence-corrected chi connectivity index (χ2v) is 3.60. The first kappa shape index (κ1) is 11.7. The molecule has 0 unspecified atom stereocenters. The lowest BCUT2D eigenvalue weighted by Gasteiger charge is -2.10. The maximum atomic E-state index is 11.2. The minimum atomic E-state index is -0.0781. The number of rotatable bonds is 2. The van der Waals surface area contributed by atoms with Gasteiger partial charge in [-0.05, 0) is 0 Å². The van der Waals surface area contributed by atoms with Gasteiger partial charge in [0.25, 0.3) is 0 Å². The van der Waals surface area contributed by atoms with Crippen LogP contribution in [0.5, 0.6) is 0 Å². The number of carbonyl (C=O) groups is 1. The quantitative estimate of drug-likeness (QED) is 0.765. The van der Waals surface area contributed by atoms with Crippen LogP contribution in [0.1, 0.15) is 12.7 Å². The minimum Gasteiger partial charge on any atom is -0.313 e. The van der Waals surface area contributed by atoms with Gasteiger partial charge in [-0.15, -0.1) is 0 Å². The highest BCUT2D eigenvalue weighted by atomic mass is 16.2. The van der Waals surface area contributed by atoms with Gasteiger partial charge in [0.1, 0.15) is 11.8 Å². The Morgan fingerprint density at radius 2 is 2.06 bits per heavy atom. The van der Waals surface area contributed by atoms with E-state index in [1.165, 1.54) is 28.9 Å². The van der Waals surface area contributed by atoms with Gasteiger partial charge in [-0.25, -0.2) is 14.6 Å². The van der Waals surface area contributed by atoms with Gasteiger partial charge in [-0.3, -0.25) is 4.79 Å². The van der Waals surface area contributed by atoms with Crippen molar-refractivity contribution in [1.29, 1.82) is 5.26 Å². The molecule has 0 radical (unpaired) electrons. The third kappa shape index (κ3) is 2.17. The molecule has 0 aliphatic carbocycles. The van der Waals surface area contributed by atoms with Crippen molar-refractivity contribution >= 4 is 11.6 Å². The average Bonchev–Trinajstić information content (AvgIpc) is 2.87. The second kappa shape index (κ2) is 4.63. The van der Waals surface area contributed by atoms with Gasteiger partial charge < -0.3 is 4.90 Å². The van der Waals surface area contributed by atoms with Gasteiger partial charge >= 0.3 is 0 Å². The lowest BCUT2D eigenvalue weighted by Crippen LogP contribution is -2.22. The molecule has 2 rings (SSSR count). The van der Waals surface area contributed by atoms with Crippen molar-refractivity contribution in [1.82, 2.24) is 19.7 Å². The molecular weight excluding hydrogens is 232 g/mol. The van der Waals surface area contributed by atoms with E-state index in [-0.39, 0.29) is 11.7 Å². The molecule has 7 heteroatoms. The zero-order valence-corrected chi connectivity index (χ0v) is 9.90. The summed E-state index contributed by atoms with van der Waals surface area (Å²) in [6.07, 6.45) is 6.25. The summed E-state index contributed by atoms with van der Waals surface area (Å²) in [6, 6.07) is 1.84. The molecular formula is C11H10N6O. The van der Waals surface area contributed by atoms with E-state index in [2.05, 4.69) is 15.1 Å². The van der Waals surface area contributed by atoms with Crippen molar-refractivity contribution in [2.75, 3.05) is 11.9 Å². The Hall–Kier alpha value is -2.75. The van der Waals surface area contributed by atoms with E-state index >= 15 is 0 Å². The summed E-state index contributed by atoms with van der Waals surface area (Å²) in [5.74, 6) is 0.0256. The fourth-order valence-corrected chi connectivity index (χ4v) is 1.31. The van der Waals surface area contributed by atoms with Crippen LogP contribution in [-0.2, 0) is 4.79 Å². The molecule has 0 aliphatic heterocycles. The number of aromatic nitrogens is 4. The van der Waals surface area contributed by atoms with Gasteiger partial charge in [0.2, 0.25) is 11.7 Å². The summed E-state index contributed by atoms with van der Waals surface area (Å²) < 4.78 is 1.54. The molecule has 0 saturated heterocycles. The maximum absolute atomic E-state index is 11.2. The molecule has 0 N–H and O–H groups in total. The molecule has 7 nitrogen and oxygen atoms in total. The lowest BCUT2D eigenvalue weighted by atomic mass is 10.4. The van der Waals surface area contributed by atoms with Gasteiger partial charge in [0.05, 0.1) is 30.5 Å². The Kier molecular flexibility index (Phi) is 3.02. The molecule has 2 aromatic heterocycles. The van der Waals surface area contributed by atoms with E-state index < -0.39 is 0 Å². The van der Waals surface area contributed by atoms with Crippen LogP contribution < -0.4 is 4.90 Å². The molecule has 0 atom stereocenters. The Balaban J connectivity index is 2.29. The van der Waals surface area contributed by atoms with Crippen molar-refractivity contribution in [2.45, 2.75) is 6.92 Å². The molecule has 1 amide bonds. The summed E-state index contributed by atoms with van der Waals surface area (Å²) in [5.41, 5.74) is 1.30. The molecule has 0 fully saturated rings. The maximum Gasteiger partial charge on any atom is 0.232 e. The third-order valence-electron chi connectivity index (χ3n) is 2.43. The summed E-state index contributed by atoms with van der Waals surface area (Å²) in [7, 11) is 1.67. The molecule has 0 saturated carbocycles. The molecule has 0 aliphatic rings. The van der Waals surface area contributed by atoms with Crippen molar-refractivity contribution in [2.24, 2.45) is 0 Å². The summed E-state index contributed by atoms with van der Waals surface area (Å²) in [5, 5.41) is 12.7.